The van der Waals surface area contributed by atoms with Crippen LogP contribution in [0.3, 0.4) is 0 Å². The summed E-state index contributed by atoms with van der Waals surface area (Å²) in [7, 11) is 0. The first kappa shape index (κ1) is 13.1. The summed E-state index contributed by atoms with van der Waals surface area (Å²) in [5.41, 5.74) is 2.52. The van der Waals surface area contributed by atoms with Crippen LogP contribution in [-0.4, -0.2) is 10.8 Å². The van der Waals surface area contributed by atoms with E-state index in [4.69, 9.17) is 0 Å². The quantitative estimate of drug-likeness (QED) is 0.683. The number of carbonyl (C=O) groups excluding carboxylic acids is 1. The molecule has 0 amide bonds. The van der Waals surface area contributed by atoms with Gasteiger partial charge in [-0.15, -0.1) is 0 Å². The molecule has 2 nitrogen and oxygen atoms in total. The predicted octanol–water partition coefficient (Wildman–Crippen LogP) is 4.61. The summed E-state index contributed by atoms with van der Waals surface area (Å²) in [6, 6.07) is 10.3. The Bertz CT molecular complexity index is 802. The zero-order valence-electron chi connectivity index (χ0n) is 10.7. The van der Waals surface area contributed by atoms with Gasteiger partial charge in [0.25, 0.3) is 0 Å². The lowest BCUT2D eigenvalue weighted by Gasteiger charge is -2.04. The average molecular weight is 332 g/mol. The van der Waals surface area contributed by atoms with Gasteiger partial charge in [-0.2, -0.15) is 0 Å². The van der Waals surface area contributed by atoms with Crippen molar-refractivity contribution in [1.82, 2.24) is 4.98 Å². The van der Waals surface area contributed by atoms with Gasteiger partial charge >= 0.3 is 0 Å². The number of hydrogen-bond donors (Lipinski definition) is 1. The Kier molecular flexibility index (Phi) is 3.18. The van der Waals surface area contributed by atoms with E-state index in [9.17, 15) is 9.18 Å². The minimum atomic E-state index is -0.522. The van der Waals surface area contributed by atoms with Crippen LogP contribution in [0.25, 0.3) is 10.9 Å². The molecule has 0 radical (unpaired) electrons. The molecule has 1 N–H and O–H groups in total. The molecule has 4 heteroatoms. The molecule has 0 unspecified atom stereocenters. The first-order chi connectivity index (χ1) is 9.58. The summed E-state index contributed by atoms with van der Waals surface area (Å²) >= 11 is 3.24. The minimum absolute atomic E-state index is 0.0639. The first-order valence-corrected chi connectivity index (χ1v) is 6.93. The second kappa shape index (κ2) is 4.87. The number of rotatable bonds is 2. The molecule has 0 aliphatic heterocycles. The fourth-order valence-corrected chi connectivity index (χ4v) is 2.80. The van der Waals surface area contributed by atoms with E-state index in [0.29, 0.717) is 10.0 Å². The van der Waals surface area contributed by atoms with Gasteiger partial charge in [-0.05, 0) is 46.6 Å². The number of hydrogen-bond acceptors (Lipinski definition) is 1. The molecule has 2 aromatic carbocycles. The highest BCUT2D eigenvalue weighted by atomic mass is 79.9. The molecule has 100 valence electrons. The molecule has 0 saturated heterocycles. The Hall–Kier alpha value is -1.94. The van der Waals surface area contributed by atoms with Crippen LogP contribution in [0.15, 0.2) is 47.1 Å². The van der Waals surface area contributed by atoms with Gasteiger partial charge in [0.1, 0.15) is 5.82 Å². The monoisotopic (exact) mass is 331 g/mol. The van der Waals surface area contributed by atoms with E-state index in [1.165, 1.54) is 6.07 Å². The Balaban J connectivity index is 2.18. The summed E-state index contributed by atoms with van der Waals surface area (Å²) in [5.74, 6) is -0.851. The number of aromatic nitrogens is 1. The summed E-state index contributed by atoms with van der Waals surface area (Å²) in [5, 5.41) is 0.802. The Morgan fingerprint density at radius 2 is 2.05 bits per heavy atom. The molecule has 1 aromatic heterocycles. The van der Waals surface area contributed by atoms with Crippen LogP contribution in [-0.2, 0) is 0 Å². The number of H-pyrrole nitrogens is 1. The van der Waals surface area contributed by atoms with Gasteiger partial charge < -0.3 is 4.98 Å². The molecular weight excluding hydrogens is 321 g/mol. The van der Waals surface area contributed by atoms with E-state index in [1.807, 2.05) is 25.1 Å². The summed E-state index contributed by atoms with van der Waals surface area (Å²) in [6.45, 7) is 1.98. The average Bonchev–Trinajstić information content (AvgIpc) is 2.81. The SMILES string of the molecule is Cc1ccc2c(C(=O)c3c(F)cccc3Br)c[nH]c2c1. The summed E-state index contributed by atoms with van der Waals surface area (Å²) in [6.07, 6.45) is 1.63. The van der Waals surface area contributed by atoms with E-state index in [0.717, 1.165) is 16.5 Å². The highest BCUT2D eigenvalue weighted by Gasteiger charge is 2.20. The van der Waals surface area contributed by atoms with Gasteiger partial charge in [0.15, 0.2) is 5.78 Å². The van der Waals surface area contributed by atoms with Crippen LogP contribution in [0, 0.1) is 12.7 Å². The van der Waals surface area contributed by atoms with Crippen molar-refractivity contribution in [2.24, 2.45) is 0 Å². The number of halogens is 2. The van der Waals surface area contributed by atoms with Crippen molar-refractivity contribution in [2.75, 3.05) is 0 Å². The molecular formula is C16H11BrFNO. The molecule has 0 spiro atoms. The first-order valence-electron chi connectivity index (χ1n) is 6.14. The van der Waals surface area contributed by atoms with Crippen molar-refractivity contribution < 1.29 is 9.18 Å². The number of ketones is 1. The molecule has 0 saturated carbocycles. The van der Waals surface area contributed by atoms with Crippen LogP contribution in [0.4, 0.5) is 4.39 Å². The molecule has 3 aromatic rings. The zero-order chi connectivity index (χ0) is 14.3. The third-order valence-electron chi connectivity index (χ3n) is 3.27. The Morgan fingerprint density at radius 3 is 2.80 bits per heavy atom. The van der Waals surface area contributed by atoms with Crippen LogP contribution < -0.4 is 0 Å². The highest BCUT2D eigenvalue weighted by molar-refractivity contribution is 9.10. The van der Waals surface area contributed by atoms with Crippen LogP contribution in [0.2, 0.25) is 0 Å². The predicted molar refractivity (Wildman–Crippen MR) is 80.6 cm³/mol. The fourth-order valence-electron chi connectivity index (χ4n) is 2.28. The van der Waals surface area contributed by atoms with Crippen molar-refractivity contribution in [1.29, 1.82) is 0 Å². The van der Waals surface area contributed by atoms with Gasteiger partial charge in [0, 0.05) is 27.1 Å². The number of fused-ring (bicyclic) bond motifs is 1. The largest absolute Gasteiger partial charge is 0.360 e. The number of aryl methyl sites for hydroxylation is 1. The van der Waals surface area contributed by atoms with E-state index < -0.39 is 5.82 Å². The smallest absolute Gasteiger partial charge is 0.199 e. The third kappa shape index (κ3) is 2.06. The van der Waals surface area contributed by atoms with Crippen LogP contribution in [0.5, 0.6) is 0 Å². The van der Waals surface area contributed by atoms with Crippen molar-refractivity contribution in [3.8, 4) is 0 Å². The van der Waals surface area contributed by atoms with Crippen molar-refractivity contribution >= 4 is 32.6 Å². The second-order valence-electron chi connectivity index (χ2n) is 4.68. The topological polar surface area (TPSA) is 32.9 Å². The molecule has 0 aliphatic carbocycles. The zero-order valence-corrected chi connectivity index (χ0v) is 12.3. The second-order valence-corrected chi connectivity index (χ2v) is 5.53. The van der Waals surface area contributed by atoms with Gasteiger partial charge in [-0.25, -0.2) is 4.39 Å². The van der Waals surface area contributed by atoms with Gasteiger partial charge in [0.2, 0.25) is 0 Å². The van der Waals surface area contributed by atoms with Gasteiger partial charge in [0.05, 0.1) is 5.56 Å². The number of nitrogens with one attached hydrogen (secondary N) is 1. The Labute approximate surface area is 123 Å². The van der Waals surface area contributed by atoms with Crippen molar-refractivity contribution in [3.63, 3.8) is 0 Å². The maximum absolute atomic E-state index is 13.9. The maximum atomic E-state index is 13.9. The highest BCUT2D eigenvalue weighted by Crippen LogP contribution is 2.27. The van der Waals surface area contributed by atoms with Crippen molar-refractivity contribution in [3.05, 3.63) is 69.6 Å². The van der Waals surface area contributed by atoms with E-state index >= 15 is 0 Å². The number of aromatic amines is 1. The lowest BCUT2D eigenvalue weighted by atomic mass is 10.0. The summed E-state index contributed by atoms with van der Waals surface area (Å²) < 4.78 is 14.4. The van der Waals surface area contributed by atoms with E-state index in [2.05, 4.69) is 20.9 Å². The Morgan fingerprint density at radius 1 is 1.25 bits per heavy atom. The molecule has 0 aliphatic rings. The lowest BCUT2D eigenvalue weighted by molar-refractivity contribution is 0.103. The summed E-state index contributed by atoms with van der Waals surface area (Å²) in [4.78, 5) is 15.6. The lowest BCUT2D eigenvalue weighted by Crippen LogP contribution is -2.04. The molecule has 0 fully saturated rings. The van der Waals surface area contributed by atoms with Crippen LogP contribution in [0.1, 0.15) is 21.5 Å². The molecule has 1 heterocycles. The standard InChI is InChI=1S/C16H11BrFNO/c1-9-5-6-10-11(8-19-14(10)7-9)16(20)15-12(17)3-2-4-13(15)18/h2-8,19H,1H3. The molecule has 3 rings (SSSR count). The van der Waals surface area contributed by atoms with Gasteiger partial charge in [-0.1, -0.05) is 18.2 Å². The van der Waals surface area contributed by atoms with E-state index in [1.54, 1.807) is 18.3 Å². The number of carbonyl (C=O) groups is 1. The van der Waals surface area contributed by atoms with Gasteiger partial charge in [-0.3, -0.25) is 4.79 Å². The minimum Gasteiger partial charge on any atom is -0.360 e. The number of benzene rings is 2. The normalized spacial score (nSPS) is 10.9. The molecule has 20 heavy (non-hydrogen) atoms. The molecule has 0 atom stereocenters. The van der Waals surface area contributed by atoms with E-state index in [-0.39, 0.29) is 11.3 Å². The van der Waals surface area contributed by atoms with Crippen molar-refractivity contribution in [2.45, 2.75) is 6.92 Å². The fraction of sp³-hybridized carbons (Fsp3) is 0.0625. The van der Waals surface area contributed by atoms with Crippen LogP contribution >= 0.6 is 15.9 Å². The maximum Gasteiger partial charge on any atom is 0.199 e. The third-order valence-corrected chi connectivity index (χ3v) is 3.93. The molecule has 0 bridgehead atoms.